The molecule has 1 spiro atoms. The molecule has 0 aromatic carbocycles. The van der Waals surface area contributed by atoms with Gasteiger partial charge in [-0.2, -0.15) is 11.3 Å². The first kappa shape index (κ1) is 15.0. The van der Waals surface area contributed by atoms with Crippen LogP contribution in [0, 0.1) is 5.41 Å². The molecule has 1 unspecified atom stereocenters. The van der Waals surface area contributed by atoms with Gasteiger partial charge < -0.3 is 10.6 Å². The molecule has 2 N–H and O–H groups in total. The topological polar surface area (TPSA) is 44.4 Å². The number of nitrogens with one attached hydrogen (secondary N) is 2. The molecule has 1 amide bonds. The Hall–Kier alpha value is -0.910. The molecule has 5 heteroatoms. The van der Waals surface area contributed by atoms with Crippen LogP contribution >= 0.6 is 11.3 Å². The smallest absolute Gasteiger partial charge is 0.234 e. The summed E-state index contributed by atoms with van der Waals surface area (Å²) < 4.78 is 0. The summed E-state index contributed by atoms with van der Waals surface area (Å²) in [5, 5.41) is 10.7. The van der Waals surface area contributed by atoms with E-state index in [9.17, 15) is 4.79 Å². The summed E-state index contributed by atoms with van der Waals surface area (Å²) in [7, 11) is 0. The van der Waals surface area contributed by atoms with Crippen molar-refractivity contribution in [1.82, 2.24) is 15.5 Å². The average molecular weight is 307 g/mol. The van der Waals surface area contributed by atoms with Crippen LogP contribution in [0.3, 0.4) is 0 Å². The van der Waals surface area contributed by atoms with Gasteiger partial charge >= 0.3 is 0 Å². The van der Waals surface area contributed by atoms with E-state index in [2.05, 4.69) is 32.4 Å². The summed E-state index contributed by atoms with van der Waals surface area (Å²) in [6, 6.07) is 2.76. The van der Waals surface area contributed by atoms with Gasteiger partial charge in [0.05, 0.1) is 6.54 Å². The quantitative estimate of drug-likeness (QED) is 0.843. The second-order valence-electron chi connectivity index (χ2n) is 6.32. The Labute approximate surface area is 130 Å². The van der Waals surface area contributed by atoms with Gasteiger partial charge in [0.2, 0.25) is 5.91 Å². The van der Waals surface area contributed by atoms with Crippen LogP contribution in [0.2, 0.25) is 0 Å². The van der Waals surface area contributed by atoms with Crippen LogP contribution in [0.15, 0.2) is 16.8 Å². The highest BCUT2D eigenvalue weighted by atomic mass is 32.1. The van der Waals surface area contributed by atoms with Crippen LogP contribution < -0.4 is 10.6 Å². The van der Waals surface area contributed by atoms with E-state index in [1.807, 2.05) is 6.92 Å². The molecule has 0 bridgehead atoms. The van der Waals surface area contributed by atoms with Crippen molar-refractivity contribution in [3.63, 3.8) is 0 Å². The van der Waals surface area contributed by atoms with E-state index in [1.54, 1.807) is 11.3 Å². The zero-order valence-corrected chi connectivity index (χ0v) is 13.5. The van der Waals surface area contributed by atoms with Crippen LogP contribution in [-0.4, -0.2) is 43.0 Å². The van der Waals surface area contributed by atoms with Crippen molar-refractivity contribution in [3.05, 3.63) is 22.4 Å². The summed E-state index contributed by atoms with van der Waals surface area (Å²) in [6.07, 6.45) is 3.78. The Morgan fingerprint density at radius 2 is 2.33 bits per heavy atom. The van der Waals surface area contributed by atoms with E-state index >= 15 is 0 Å². The number of hydrogen-bond donors (Lipinski definition) is 2. The summed E-state index contributed by atoms with van der Waals surface area (Å²) in [5.74, 6) is 0.156. The standard InChI is InChI=1S/C16H25N3OS/c1-2-18-15(20)11-19(10-13-3-8-21-12-13)14-9-16(14)4-6-17-7-5-16/h3,8,12,14,17H,2,4-7,9-11H2,1H3,(H,18,20). The lowest BCUT2D eigenvalue weighted by molar-refractivity contribution is -0.122. The molecule has 0 radical (unpaired) electrons. The van der Waals surface area contributed by atoms with Crippen molar-refractivity contribution >= 4 is 17.2 Å². The Balaban J connectivity index is 1.66. The van der Waals surface area contributed by atoms with E-state index in [4.69, 9.17) is 0 Å². The fourth-order valence-corrected chi connectivity index (χ4v) is 4.30. The second-order valence-corrected chi connectivity index (χ2v) is 7.10. The molecule has 2 heterocycles. The monoisotopic (exact) mass is 307 g/mol. The largest absolute Gasteiger partial charge is 0.355 e. The number of likely N-dealkylation sites (N-methyl/N-ethyl adjacent to an activating group) is 1. The second kappa shape index (κ2) is 6.46. The van der Waals surface area contributed by atoms with Crippen molar-refractivity contribution < 1.29 is 4.79 Å². The van der Waals surface area contributed by atoms with Crippen LogP contribution in [0.5, 0.6) is 0 Å². The number of hydrogen-bond acceptors (Lipinski definition) is 4. The lowest BCUT2D eigenvalue weighted by atomic mass is 9.93. The molecular formula is C16H25N3OS. The number of thiophene rings is 1. The number of carbonyl (C=O) groups is 1. The van der Waals surface area contributed by atoms with Crippen LogP contribution in [0.25, 0.3) is 0 Å². The molecule has 4 nitrogen and oxygen atoms in total. The molecule has 1 aromatic heterocycles. The number of nitrogens with zero attached hydrogens (tertiary/aromatic N) is 1. The maximum Gasteiger partial charge on any atom is 0.234 e. The van der Waals surface area contributed by atoms with Crippen molar-refractivity contribution in [2.75, 3.05) is 26.2 Å². The first-order valence-corrected chi connectivity index (χ1v) is 8.90. The highest BCUT2D eigenvalue weighted by Crippen LogP contribution is 2.55. The van der Waals surface area contributed by atoms with Crippen molar-refractivity contribution in [2.45, 2.75) is 38.8 Å². The third-order valence-corrected chi connectivity index (χ3v) is 5.61. The average Bonchev–Trinajstić information content (AvgIpc) is 2.93. The molecule has 1 saturated carbocycles. The summed E-state index contributed by atoms with van der Waals surface area (Å²) >= 11 is 1.73. The van der Waals surface area contributed by atoms with Gasteiger partial charge in [0.15, 0.2) is 0 Å². The van der Waals surface area contributed by atoms with E-state index in [1.165, 1.54) is 24.8 Å². The molecule has 1 aliphatic heterocycles. The fraction of sp³-hybridized carbons (Fsp3) is 0.688. The van der Waals surface area contributed by atoms with Gasteiger partial charge in [-0.25, -0.2) is 0 Å². The highest BCUT2D eigenvalue weighted by Gasteiger charge is 2.56. The van der Waals surface area contributed by atoms with Gasteiger partial charge in [-0.1, -0.05) is 0 Å². The molecule has 1 atom stereocenters. The number of piperidine rings is 1. The van der Waals surface area contributed by atoms with Gasteiger partial charge in [0.1, 0.15) is 0 Å². The Morgan fingerprint density at radius 3 is 3.00 bits per heavy atom. The van der Waals surface area contributed by atoms with E-state index in [-0.39, 0.29) is 5.91 Å². The molecule has 1 saturated heterocycles. The van der Waals surface area contributed by atoms with Crippen molar-refractivity contribution in [3.8, 4) is 0 Å². The Bertz CT molecular complexity index is 468. The molecule has 2 fully saturated rings. The summed E-state index contributed by atoms with van der Waals surface area (Å²) in [6.45, 7) is 6.38. The number of amides is 1. The minimum absolute atomic E-state index is 0.156. The fourth-order valence-electron chi connectivity index (χ4n) is 3.64. The molecule has 116 valence electrons. The first-order valence-electron chi connectivity index (χ1n) is 7.96. The number of rotatable bonds is 6. The molecule has 2 aliphatic rings. The van der Waals surface area contributed by atoms with E-state index in [0.29, 0.717) is 24.5 Å². The van der Waals surface area contributed by atoms with Gasteiger partial charge in [-0.15, -0.1) is 0 Å². The molecular weight excluding hydrogens is 282 g/mol. The van der Waals surface area contributed by atoms with E-state index in [0.717, 1.165) is 19.6 Å². The van der Waals surface area contributed by atoms with Gasteiger partial charge in [0.25, 0.3) is 0 Å². The van der Waals surface area contributed by atoms with Gasteiger partial charge in [-0.05, 0) is 67.1 Å². The lowest BCUT2D eigenvalue weighted by Gasteiger charge is -2.29. The van der Waals surface area contributed by atoms with E-state index < -0.39 is 0 Å². The molecule has 21 heavy (non-hydrogen) atoms. The summed E-state index contributed by atoms with van der Waals surface area (Å²) in [5.41, 5.74) is 1.81. The predicted molar refractivity (Wildman–Crippen MR) is 86.4 cm³/mol. The maximum atomic E-state index is 12.0. The lowest BCUT2D eigenvalue weighted by Crippen LogP contribution is -2.41. The maximum absolute atomic E-state index is 12.0. The highest BCUT2D eigenvalue weighted by molar-refractivity contribution is 7.07. The predicted octanol–water partition coefficient (Wildman–Crippen LogP) is 1.83. The Kier molecular flexibility index (Phi) is 4.62. The van der Waals surface area contributed by atoms with Gasteiger partial charge in [-0.3, -0.25) is 9.69 Å². The van der Waals surface area contributed by atoms with Gasteiger partial charge in [0, 0.05) is 19.1 Å². The zero-order chi connectivity index (χ0) is 14.7. The van der Waals surface area contributed by atoms with Crippen LogP contribution in [0.4, 0.5) is 0 Å². The third-order valence-electron chi connectivity index (χ3n) is 4.87. The third kappa shape index (κ3) is 3.47. The molecule has 3 rings (SSSR count). The summed E-state index contributed by atoms with van der Waals surface area (Å²) in [4.78, 5) is 14.4. The SMILES string of the molecule is CCNC(=O)CN(Cc1ccsc1)C1CC12CCNCC2. The first-order chi connectivity index (χ1) is 10.2. The molecule has 1 aromatic rings. The van der Waals surface area contributed by atoms with Crippen molar-refractivity contribution in [2.24, 2.45) is 5.41 Å². The number of carbonyl (C=O) groups excluding carboxylic acids is 1. The van der Waals surface area contributed by atoms with Crippen molar-refractivity contribution in [1.29, 1.82) is 0 Å². The molecule has 1 aliphatic carbocycles. The normalized spacial score (nSPS) is 23.4. The van der Waals surface area contributed by atoms with Crippen LogP contribution in [0.1, 0.15) is 31.7 Å². The minimum atomic E-state index is 0.156. The van der Waals surface area contributed by atoms with Crippen LogP contribution in [-0.2, 0) is 11.3 Å². The zero-order valence-electron chi connectivity index (χ0n) is 12.7. The Morgan fingerprint density at radius 1 is 1.52 bits per heavy atom. The minimum Gasteiger partial charge on any atom is -0.355 e.